The summed E-state index contributed by atoms with van der Waals surface area (Å²) in [6, 6.07) is 14.9. The van der Waals surface area contributed by atoms with E-state index in [4.69, 9.17) is 14.2 Å². The first-order valence-electron chi connectivity index (χ1n) is 8.46. The second-order valence-electron chi connectivity index (χ2n) is 5.86. The maximum atomic E-state index is 12.2. The average molecular weight is 350 g/mol. The summed E-state index contributed by atoms with van der Waals surface area (Å²) in [5.74, 6) is 1.88. The number of para-hydroxylation sites is 1. The number of benzene rings is 2. The Morgan fingerprint density at radius 1 is 1.12 bits per heavy atom. The molecule has 6 heteroatoms. The molecule has 0 aliphatic carbocycles. The SMILES string of the molecule is O=C(NCCCOc1cccc2cccnc12)c1ccc2c(c1)OCO2. The van der Waals surface area contributed by atoms with Crippen LogP contribution in [-0.2, 0) is 0 Å². The predicted octanol–water partition coefficient (Wildman–Crippen LogP) is 3.16. The van der Waals surface area contributed by atoms with Crippen molar-refractivity contribution in [2.75, 3.05) is 19.9 Å². The highest BCUT2D eigenvalue weighted by Gasteiger charge is 2.15. The van der Waals surface area contributed by atoms with Gasteiger partial charge in [-0.05, 0) is 36.8 Å². The summed E-state index contributed by atoms with van der Waals surface area (Å²) in [6.07, 6.45) is 2.44. The molecule has 1 aliphatic rings. The number of hydrogen-bond donors (Lipinski definition) is 1. The van der Waals surface area contributed by atoms with Crippen LogP contribution in [0.1, 0.15) is 16.8 Å². The molecule has 3 aromatic rings. The van der Waals surface area contributed by atoms with Crippen LogP contribution in [0.15, 0.2) is 54.7 Å². The molecule has 1 N–H and O–H groups in total. The first-order chi connectivity index (χ1) is 12.8. The van der Waals surface area contributed by atoms with Gasteiger partial charge in [0.15, 0.2) is 11.5 Å². The Morgan fingerprint density at radius 3 is 2.96 bits per heavy atom. The number of amides is 1. The Labute approximate surface area is 150 Å². The molecule has 1 aliphatic heterocycles. The summed E-state index contributed by atoms with van der Waals surface area (Å²) in [7, 11) is 0. The Balaban J connectivity index is 1.27. The molecule has 1 amide bonds. The fraction of sp³-hybridized carbons (Fsp3) is 0.200. The Morgan fingerprint density at radius 2 is 2.00 bits per heavy atom. The maximum absolute atomic E-state index is 12.2. The molecule has 0 saturated carbocycles. The van der Waals surface area contributed by atoms with Crippen molar-refractivity contribution in [1.29, 1.82) is 0 Å². The number of fused-ring (bicyclic) bond motifs is 2. The van der Waals surface area contributed by atoms with Gasteiger partial charge in [0.25, 0.3) is 5.91 Å². The van der Waals surface area contributed by atoms with Gasteiger partial charge in [0.1, 0.15) is 11.3 Å². The zero-order chi connectivity index (χ0) is 17.8. The summed E-state index contributed by atoms with van der Waals surface area (Å²) in [6.45, 7) is 1.21. The van der Waals surface area contributed by atoms with E-state index in [0.29, 0.717) is 36.6 Å². The maximum Gasteiger partial charge on any atom is 0.251 e. The van der Waals surface area contributed by atoms with E-state index < -0.39 is 0 Å². The van der Waals surface area contributed by atoms with Gasteiger partial charge in [-0.1, -0.05) is 18.2 Å². The van der Waals surface area contributed by atoms with E-state index in [1.165, 1.54) is 0 Å². The first-order valence-corrected chi connectivity index (χ1v) is 8.46. The van der Waals surface area contributed by atoms with Crippen LogP contribution < -0.4 is 19.5 Å². The fourth-order valence-corrected chi connectivity index (χ4v) is 2.79. The molecule has 26 heavy (non-hydrogen) atoms. The van der Waals surface area contributed by atoms with E-state index in [1.54, 1.807) is 24.4 Å². The van der Waals surface area contributed by atoms with Crippen LogP contribution in [-0.4, -0.2) is 30.8 Å². The first kappa shape index (κ1) is 16.2. The lowest BCUT2D eigenvalue weighted by atomic mass is 10.2. The van der Waals surface area contributed by atoms with Crippen molar-refractivity contribution >= 4 is 16.8 Å². The highest BCUT2D eigenvalue weighted by molar-refractivity contribution is 5.94. The average Bonchev–Trinajstić information content (AvgIpc) is 3.15. The van der Waals surface area contributed by atoms with Crippen LogP contribution in [0, 0.1) is 0 Å². The smallest absolute Gasteiger partial charge is 0.251 e. The minimum absolute atomic E-state index is 0.143. The van der Waals surface area contributed by atoms with Crippen LogP contribution in [0.3, 0.4) is 0 Å². The van der Waals surface area contributed by atoms with E-state index in [1.807, 2.05) is 30.3 Å². The molecule has 6 nitrogen and oxygen atoms in total. The molecule has 0 unspecified atom stereocenters. The molecule has 1 aromatic heterocycles. The van der Waals surface area contributed by atoms with Gasteiger partial charge in [0, 0.05) is 23.7 Å². The van der Waals surface area contributed by atoms with Gasteiger partial charge in [-0.15, -0.1) is 0 Å². The monoisotopic (exact) mass is 350 g/mol. The third-order valence-corrected chi connectivity index (χ3v) is 4.09. The minimum Gasteiger partial charge on any atom is -0.491 e. The summed E-state index contributed by atoms with van der Waals surface area (Å²) >= 11 is 0. The summed E-state index contributed by atoms with van der Waals surface area (Å²) < 4.78 is 16.3. The molecular formula is C20H18N2O4. The predicted molar refractivity (Wildman–Crippen MR) is 96.8 cm³/mol. The second-order valence-corrected chi connectivity index (χ2v) is 5.86. The van der Waals surface area contributed by atoms with Gasteiger partial charge in [0.05, 0.1) is 6.61 Å². The molecule has 0 radical (unpaired) electrons. The molecule has 2 heterocycles. The molecule has 0 saturated heterocycles. The summed E-state index contributed by atoms with van der Waals surface area (Å²) in [4.78, 5) is 16.6. The highest BCUT2D eigenvalue weighted by Crippen LogP contribution is 2.32. The third-order valence-electron chi connectivity index (χ3n) is 4.09. The van der Waals surface area contributed by atoms with Crippen molar-refractivity contribution in [1.82, 2.24) is 10.3 Å². The number of carbonyl (C=O) groups excluding carboxylic acids is 1. The normalized spacial score (nSPS) is 12.2. The minimum atomic E-state index is -0.143. The number of aromatic nitrogens is 1. The van der Waals surface area contributed by atoms with Gasteiger partial charge in [0.2, 0.25) is 6.79 Å². The molecule has 0 atom stereocenters. The van der Waals surface area contributed by atoms with E-state index >= 15 is 0 Å². The Kier molecular flexibility index (Phi) is 4.55. The topological polar surface area (TPSA) is 69.7 Å². The lowest BCUT2D eigenvalue weighted by Gasteiger charge is -2.09. The van der Waals surface area contributed by atoms with Gasteiger partial charge >= 0.3 is 0 Å². The van der Waals surface area contributed by atoms with Gasteiger partial charge < -0.3 is 19.5 Å². The number of ether oxygens (including phenoxy) is 3. The van der Waals surface area contributed by atoms with Gasteiger partial charge in [-0.25, -0.2) is 0 Å². The molecule has 0 bridgehead atoms. The molecule has 0 fully saturated rings. The van der Waals surface area contributed by atoms with Crippen LogP contribution in [0.25, 0.3) is 10.9 Å². The number of nitrogens with one attached hydrogen (secondary N) is 1. The van der Waals surface area contributed by atoms with Crippen molar-refractivity contribution in [3.63, 3.8) is 0 Å². The molecule has 132 valence electrons. The standard InChI is InChI=1S/C20H18N2O4/c23-20(15-7-8-16-18(12-15)26-13-25-16)22-10-3-11-24-17-6-1-4-14-5-2-9-21-19(14)17/h1-2,4-9,12H,3,10-11,13H2,(H,22,23). The van der Waals surface area contributed by atoms with Crippen molar-refractivity contribution in [3.8, 4) is 17.2 Å². The molecule has 2 aromatic carbocycles. The number of rotatable bonds is 6. The number of pyridine rings is 1. The van der Waals surface area contributed by atoms with E-state index in [-0.39, 0.29) is 12.7 Å². The largest absolute Gasteiger partial charge is 0.491 e. The van der Waals surface area contributed by atoms with Gasteiger partial charge in [-0.2, -0.15) is 0 Å². The fourth-order valence-electron chi connectivity index (χ4n) is 2.79. The molecule has 4 rings (SSSR count). The van der Waals surface area contributed by atoms with E-state index in [2.05, 4.69) is 10.3 Å². The van der Waals surface area contributed by atoms with Gasteiger partial charge in [-0.3, -0.25) is 9.78 Å². The van der Waals surface area contributed by atoms with E-state index in [9.17, 15) is 4.79 Å². The van der Waals surface area contributed by atoms with Crippen LogP contribution in [0.2, 0.25) is 0 Å². The van der Waals surface area contributed by atoms with Crippen molar-refractivity contribution in [2.45, 2.75) is 6.42 Å². The Hall–Kier alpha value is -3.28. The van der Waals surface area contributed by atoms with Crippen molar-refractivity contribution < 1.29 is 19.0 Å². The van der Waals surface area contributed by atoms with Crippen LogP contribution in [0.4, 0.5) is 0 Å². The lowest BCUT2D eigenvalue weighted by molar-refractivity contribution is 0.0951. The zero-order valence-electron chi connectivity index (χ0n) is 14.1. The summed E-state index contributed by atoms with van der Waals surface area (Å²) in [5, 5.41) is 3.93. The van der Waals surface area contributed by atoms with Crippen LogP contribution >= 0.6 is 0 Å². The quantitative estimate of drug-likeness (QED) is 0.692. The van der Waals surface area contributed by atoms with Crippen molar-refractivity contribution in [3.05, 3.63) is 60.3 Å². The number of hydrogen-bond acceptors (Lipinski definition) is 5. The zero-order valence-corrected chi connectivity index (χ0v) is 14.1. The Bertz CT molecular complexity index is 937. The number of carbonyl (C=O) groups is 1. The third kappa shape index (κ3) is 3.39. The number of nitrogens with zero attached hydrogens (tertiary/aromatic N) is 1. The molecule has 0 spiro atoms. The second kappa shape index (κ2) is 7.31. The van der Waals surface area contributed by atoms with Crippen LogP contribution in [0.5, 0.6) is 17.2 Å². The van der Waals surface area contributed by atoms with E-state index in [0.717, 1.165) is 16.7 Å². The molecular weight excluding hydrogens is 332 g/mol. The lowest BCUT2D eigenvalue weighted by Crippen LogP contribution is -2.25. The summed E-state index contributed by atoms with van der Waals surface area (Å²) in [5.41, 5.74) is 1.40. The van der Waals surface area contributed by atoms with Crippen molar-refractivity contribution in [2.24, 2.45) is 0 Å². The highest BCUT2D eigenvalue weighted by atomic mass is 16.7.